The molecule has 0 aliphatic heterocycles. The Balaban J connectivity index is 2.08. The zero-order valence-corrected chi connectivity index (χ0v) is 12.9. The summed E-state index contributed by atoms with van der Waals surface area (Å²) in [5, 5.41) is 3.12. The number of para-hydroxylation sites is 1. The van der Waals surface area contributed by atoms with Crippen molar-refractivity contribution in [3.05, 3.63) is 76.7 Å². The van der Waals surface area contributed by atoms with Crippen LogP contribution in [-0.4, -0.2) is 15.0 Å². The summed E-state index contributed by atoms with van der Waals surface area (Å²) in [6.07, 6.45) is 0. The summed E-state index contributed by atoms with van der Waals surface area (Å²) in [5.41, 5.74) is 8.16. The molecule has 0 bridgehead atoms. The molecule has 2 aromatic carbocycles. The quantitative estimate of drug-likeness (QED) is 0.646. The molecule has 0 aliphatic carbocycles. The van der Waals surface area contributed by atoms with Crippen LogP contribution in [0.3, 0.4) is 0 Å². The molecule has 0 saturated carbocycles. The summed E-state index contributed by atoms with van der Waals surface area (Å²) in [5.74, 6) is 0.0982. The number of nitrogens with zero attached hydrogens (tertiary/aromatic N) is 1. The Morgan fingerprint density at radius 1 is 1.04 bits per heavy atom. The zero-order chi connectivity index (χ0) is 16.2. The average molecular weight is 322 g/mol. The van der Waals surface area contributed by atoms with E-state index < -0.39 is 5.69 Å². The van der Waals surface area contributed by atoms with Gasteiger partial charge in [0.1, 0.15) is 10.8 Å². The molecule has 0 saturated heterocycles. The molecule has 0 amide bonds. The third-order valence-electron chi connectivity index (χ3n) is 3.28. The number of nitrogen functional groups attached to an aromatic ring is 1. The van der Waals surface area contributed by atoms with Gasteiger partial charge in [-0.1, -0.05) is 60.7 Å². The fourth-order valence-corrected chi connectivity index (χ4v) is 2.58. The van der Waals surface area contributed by atoms with Gasteiger partial charge in [0.25, 0.3) is 0 Å². The first-order valence-electron chi connectivity index (χ1n) is 6.97. The van der Waals surface area contributed by atoms with E-state index in [1.165, 1.54) is 0 Å². The van der Waals surface area contributed by atoms with Crippen LogP contribution in [-0.2, 0) is 0 Å². The first kappa shape index (κ1) is 14.9. The van der Waals surface area contributed by atoms with Gasteiger partial charge in [0.05, 0.1) is 11.3 Å². The van der Waals surface area contributed by atoms with Crippen LogP contribution in [0.1, 0.15) is 5.56 Å². The number of anilines is 2. The second kappa shape index (κ2) is 6.41. The number of hydrogen-bond donors (Lipinski definition) is 3. The molecule has 1 aromatic heterocycles. The molecule has 6 heteroatoms. The Morgan fingerprint density at radius 2 is 1.65 bits per heavy atom. The third-order valence-corrected chi connectivity index (χ3v) is 3.59. The van der Waals surface area contributed by atoms with Crippen molar-refractivity contribution < 1.29 is 0 Å². The highest BCUT2D eigenvalue weighted by Crippen LogP contribution is 2.24. The van der Waals surface area contributed by atoms with E-state index in [0.717, 1.165) is 11.3 Å². The van der Waals surface area contributed by atoms with E-state index in [0.29, 0.717) is 16.2 Å². The molecule has 0 fully saturated rings. The number of aromatic amines is 1. The largest absolute Gasteiger partial charge is 0.383 e. The van der Waals surface area contributed by atoms with Crippen molar-refractivity contribution in [3.8, 4) is 11.3 Å². The Morgan fingerprint density at radius 3 is 2.30 bits per heavy atom. The minimum absolute atomic E-state index is 0.0982. The maximum Gasteiger partial charge on any atom is 0.347 e. The lowest BCUT2D eigenvalue weighted by Gasteiger charge is -2.14. The maximum absolute atomic E-state index is 11.7. The van der Waals surface area contributed by atoms with E-state index in [2.05, 4.69) is 15.3 Å². The Bertz CT molecular complexity index is 891. The third kappa shape index (κ3) is 3.27. The molecule has 0 radical (unpaired) electrons. The van der Waals surface area contributed by atoms with Crippen LogP contribution in [0.2, 0.25) is 0 Å². The number of rotatable bonds is 3. The first-order valence-corrected chi connectivity index (χ1v) is 7.37. The normalized spacial score (nSPS) is 10.3. The molecule has 3 rings (SSSR count). The van der Waals surface area contributed by atoms with Crippen molar-refractivity contribution in [3.63, 3.8) is 0 Å². The predicted octanol–water partition coefficient (Wildman–Crippen LogP) is 2.81. The van der Waals surface area contributed by atoms with E-state index in [4.69, 9.17) is 18.0 Å². The molecule has 3 aromatic rings. The fraction of sp³-hybridized carbons (Fsp3) is 0. The van der Waals surface area contributed by atoms with E-state index in [9.17, 15) is 4.79 Å². The second-order valence-electron chi connectivity index (χ2n) is 4.86. The summed E-state index contributed by atoms with van der Waals surface area (Å²) in [6, 6.07) is 18.9. The molecule has 0 spiro atoms. The zero-order valence-electron chi connectivity index (χ0n) is 12.1. The van der Waals surface area contributed by atoms with Crippen molar-refractivity contribution >= 4 is 28.7 Å². The van der Waals surface area contributed by atoms with Crippen LogP contribution in [0.25, 0.3) is 11.3 Å². The van der Waals surface area contributed by atoms with E-state index in [1.54, 1.807) is 0 Å². The second-order valence-corrected chi connectivity index (χ2v) is 5.27. The van der Waals surface area contributed by atoms with Crippen molar-refractivity contribution in [1.82, 2.24) is 9.97 Å². The number of hydrogen-bond acceptors (Lipinski definition) is 4. The molecule has 0 atom stereocenters. The highest BCUT2D eigenvalue weighted by atomic mass is 32.1. The molecular weight excluding hydrogens is 308 g/mol. The molecule has 0 unspecified atom stereocenters. The number of H-pyrrole nitrogens is 1. The van der Waals surface area contributed by atoms with Gasteiger partial charge in [-0.3, -0.25) is 0 Å². The number of aromatic nitrogens is 2. The SMILES string of the molecule is Nc1nc(=O)[nH]c(-c2ccccc2)c1C(=S)Nc1ccccc1. The number of nitrogens with two attached hydrogens (primary N) is 1. The molecule has 1 heterocycles. The summed E-state index contributed by atoms with van der Waals surface area (Å²) in [7, 11) is 0. The monoisotopic (exact) mass is 322 g/mol. The van der Waals surface area contributed by atoms with Crippen molar-refractivity contribution in [2.24, 2.45) is 0 Å². The Kier molecular flexibility index (Phi) is 4.16. The van der Waals surface area contributed by atoms with Crippen LogP contribution < -0.4 is 16.7 Å². The Labute approximate surface area is 138 Å². The molecule has 23 heavy (non-hydrogen) atoms. The topological polar surface area (TPSA) is 83.8 Å². The molecule has 4 N–H and O–H groups in total. The van der Waals surface area contributed by atoms with Crippen LogP contribution in [0.15, 0.2) is 65.5 Å². The van der Waals surface area contributed by atoms with Gasteiger partial charge in [0.15, 0.2) is 0 Å². The smallest absolute Gasteiger partial charge is 0.347 e. The summed E-state index contributed by atoms with van der Waals surface area (Å²) in [6.45, 7) is 0. The minimum Gasteiger partial charge on any atom is -0.383 e. The van der Waals surface area contributed by atoms with Gasteiger partial charge in [-0.05, 0) is 17.7 Å². The lowest BCUT2D eigenvalue weighted by atomic mass is 10.1. The van der Waals surface area contributed by atoms with Crippen molar-refractivity contribution in [2.45, 2.75) is 0 Å². The van der Waals surface area contributed by atoms with Crippen LogP contribution in [0.4, 0.5) is 11.5 Å². The lowest BCUT2D eigenvalue weighted by Crippen LogP contribution is -2.22. The molecule has 0 aliphatic rings. The van der Waals surface area contributed by atoms with Crippen LogP contribution in [0.5, 0.6) is 0 Å². The standard InChI is InChI=1S/C17H14N4OS/c18-15-13(16(23)19-12-9-5-2-6-10-12)14(20-17(22)21-15)11-7-3-1-4-8-11/h1-10H,(H,19,23)(H3,18,20,21,22). The van der Waals surface area contributed by atoms with Gasteiger partial charge in [-0.15, -0.1) is 0 Å². The van der Waals surface area contributed by atoms with Gasteiger partial charge < -0.3 is 16.0 Å². The van der Waals surface area contributed by atoms with E-state index in [1.807, 2.05) is 60.7 Å². The molecule has 114 valence electrons. The Hall–Kier alpha value is -2.99. The summed E-state index contributed by atoms with van der Waals surface area (Å²) >= 11 is 5.47. The summed E-state index contributed by atoms with van der Waals surface area (Å²) < 4.78 is 0. The molecule has 5 nitrogen and oxygen atoms in total. The number of nitrogens with one attached hydrogen (secondary N) is 2. The fourth-order valence-electron chi connectivity index (χ4n) is 2.26. The minimum atomic E-state index is -0.507. The van der Waals surface area contributed by atoms with Gasteiger partial charge in [0.2, 0.25) is 0 Å². The maximum atomic E-state index is 11.7. The highest BCUT2D eigenvalue weighted by Gasteiger charge is 2.16. The highest BCUT2D eigenvalue weighted by molar-refractivity contribution is 7.81. The van der Waals surface area contributed by atoms with Crippen molar-refractivity contribution in [1.29, 1.82) is 0 Å². The van der Waals surface area contributed by atoms with Gasteiger partial charge in [-0.2, -0.15) is 4.98 Å². The number of benzene rings is 2. The van der Waals surface area contributed by atoms with E-state index in [-0.39, 0.29) is 5.82 Å². The first-order chi connectivity index (χ1) is 11.1. The van der Waals surface area contributed by atoms with E-state index >= 15 is 0 Å². The lowest BCUT2D eigenvalue weighted by molar-refractivity contribution is 1.08. The van der Waals surface area contributed by atoms with Gasteiger partial charge in [0, 0.05) is 5.69 Å². The predicted molar refractivity (Wildman–Crippen MR) is 96.5 cm³/mol. The van der Waals surface area contributed by atoms with Gasteiger partial charge in [-0.25, -0.2) is 4.79 Å². The van der Waals surface area contributed by atoms with Crippen LogP contribution in [0, 0.1) is 0 Å². The molecular formula is C17H14N4OS. The van der Waals surface area contributed by atoms with Crippen molar-refractivity contribution in [2.75, 3.05) is 11.1 Å². The summed E-state index contributed by atoms with van der Waals surface area (Å²) in [4.78, 5) is 18.6. The van der Waals surface area contributed by atoms with Crippen LogP contribution >= 0.6 is 12.2 Å². The van der Waals surface area contributed by atoms with Gasteiger partial charge >= 0.3 is 5.69 Å². The number of thiocarbonyl (C=S) groups is 1. The average Bonchev–Trinajstić information content (AvgIpc) is 2.55.